The van der Waals surface area contributed by atoms with Crippen LogP contribution in [0.2, 0.25) is 0 Å². The van der Waals surface area contributed by atoms with Gasteiger partial charge in [-0.25, -0.2) is 38.4 Å². The summed E-state index contributed by atoms with van der Waals surface area (Å²) in [6.07, 6.45) is 0.185. The van der Waals surface area contributed by atoms with Gasteiger partial charge in [-0.3, -0.25) is 14.4 Å². The number of carboxylic acid groups (broad SMARTS) is 10. The third kappa shape index (κ3) is 23.4. The fraction of sp³-hybridized carbons (Fsp3) is 0.221. The van der Waals surface area contributed by atoms with E-state index >= 15 is 0 Å². The minimum Gasteiger partial charge on any atom is -0.481 e. The number of aromatic carboxylic acids is 8. The van der Waals surface area contributed by atoms with Crippen molar-refractivity contribution >= 4 is 65.5 Å². The van der Waals surface area contributed by atoms with Crippen LogP contribution in [-0.2, 0) is 9.59 Å². The van der Waals surface area contributed by atoms with Gasteiger partial charge in [-0.15, -0.1) is 0 Å². The summed E-state index contributed by atoms with van der Waals surface area (Å²) < 4.78 is 0. The molecule has 21 nitrogen and oxygen atoms in total. The van der Waals surface area contributed by atoms with Gasteiger partial charge in [0.15, 0.2) is 5.78 Å². The number of hydrogen-bond donors (Lipinski definition) is 10. The highest BCUT2D eigenvalue weighted by Crippen LogP contribution is 2.26. The molecule has 0 spiro atoms. The van der Waals surface area contributed by atoms with Crippen molar-refractivity contribution in [1.29, 1.82) is 0 Å². The molecule has 0 aromatic heterocycles. The molecular formula is C68H70O21. The average molecular weight is 1220 g/mol. The second-order valence-electron chi connectivity index (χ2n) is 20.9. The number of hydrogen-bond acceptors (Lipinski definition) is 11. The van der Waals surface area contributed by atoms with Gasteiger partial charge in [-0.1, -0.05) is 73.5 Å². The summed E-state index contributed by atoms with van der Waals surface area (Å²) in [4.78, 5) is 120. The van der Waals surface area contributed by atoms with Crippen molar-refractivity contribution in [3.05, 3.63) is 233 Å². The van der Waals surface area contributed by atoms with Crippen LogP contribution >= 0.6 is 0 Å². The Labute approximate surface area is 512 Å². The molecule has 0 saturated heterocycles. The van der Waals surface area contributed by atoms with Crippen LogP contribution < -0.4 is 0 Å². The maximum atomic E-state index is 12.4. The zero-order valence-electron chi connectivity index (χ0n) is 50.9. The fourth-order valence-electron chi connectivity index (χ4n) is 8.28. The van der Waals surface area contributed by atoms with E-state index in [-0.39, 0.29) is 50.9 Å². The Kier molecular flexibility index (Phi) is 27.9. The molecule has 89 heavy (non-hydrogen) atoms. The summed E-state index contributed by atoms with van der Waals surface area (Å²) in [5, 5.41) is 88.0. The number of rotatable bonds is 15. The van der Waals surface area contributed by atoms with Crippen molar-refractivity contribution in [3.63, 3.8) is 0 Å². The Bertz CT molecular complexity index is 3660. The summed E-state index contributed by atoms with van der Waals surface area (Å²) in [6, 6.07) is 31.9. The molecule has 0 aliphatic carbocycles. The number of benzene rings is 7. The van der Waals surface area contributed by atoms with Crippen molar-refractivity contribution in [2.24, 2.45) is 11.8 Å². The van der Waals surface area contributed by atoms with Crippen LogP contribution in [0.4, 0.5) is 0 Å². The molecule has 0 bridgehead atoms. The largest absolute Gasteiger partial charge is 0.481 e. The molecule has 10 N–H and O–H groups in total. The molecule has 21 heteroatoms. The van der Waals surface area contributed by atoms with E-state index in [2.05, 4.69) is 0 Å². The monoisotopic (exact) mass is 1220 g/mol. The van der Waals surface area contributed by atoms with Crippen molar-refractivity contribution in [2.45, 2.75) is 89.5 Å². The number of aryl methyl sites for hydroxylation is 10. The molecule has 0 saturated carbocycles. The Balaban J connectivity index is 0.000000373. The summed E-state index contributed by atoms with van der Waals surface area (Å²) in [5.74, 6) is -11.5. The van der Waals surface area contributed by atoms with E-state index in [1.165, 1.54) is 50.2 Å². The van der Waals surface area contributed by atoms with Crippen LogP contribution in [0.5, 0.6) is 0 Å². The van der Waals surface area contributed by atoms with Crippen LogP contribution in [0.25, 0.3) is 11.1 Å². The van der Waals surface area contributed by atoms with E-state index in [0.29, 0.717) is 44.5 Å². The second-order valence-corrected chi connectivity index (χ2v) is 20.9. The number of carbonyl (C=O) groups is 11. The van der Waals surface area contributed by atoms with Gasteiger partial charge in [0.1, 0.15) is 0 Å². The Morgan fingerprint density at radius 1 is 0.270 bits per heavy atom. The van der Waals surface area contributed by atoms with Crippen LogP contribution in [0, 0.1) is 81.1 Å². The normalized spacial score (nSPS) is 10.7. The van der Waals surface area contributed by atoms with Crippen molar-refractivity contribution in [1.82, 2.24) is 0 Å². The number of carbonyl (C=O) groups excluding carboxylic acids is 1. The number of ketones is 1. The van der Waals surface area contributed by atoms with Gasteiger partial charge in [0, 0.05) is 11.1 Å². The molecule has 7 rings (SSSR count). The maximum absolute atomic E-state index is 12.4. The number of aliphatic carboxylic acids is 2. The standard InChI is InChI=1S/C17H14O5.C16H14O4.C10H10O4.2C9H10O2.C7H12O4/c1-9-3-5-11(7-13(9)16(19)20)15(18)12-6-4-10(2)14(8-12)17(21)22;1-9-3-11(7-13(5-9)15(17)18)12-4-10(2)6-14(8-12)16(19)20;1-5-3-8(10(13)14)6(2)4-7(5)9(11)12;1-6-3-7(2)5-8(4-6)9(10)11;1-6-3-4-8(9(10)11)5-7(6)2;1-4(6(8)9)3-5(2)7(10)11/h3-8H,1-2H3,(H,19,20)(H,21,22);3-8H,1-2H3,(H,17,18)(H,19,20);3-4H,1-2H3,(H,11,12)(H,13,14);2*3-5H,1-2H3,(H,10,11);4-5H,3H2,1-2H3,(H,8,9)(H,10,11). The van der Waals surface area contributed by atoms with Gasteiger partial charge in [-0.2, -0.15) is 0 Å². The molecule has 468 valence electrons. The SMILES string of the molecule is CC(CC(C)C(=O)O)C(=O)O.Cc1cc(C(=O)O)c(C)cc1C(=O)O.Cc1cc(C(=O)O)cc(-c2cc(C)cc(C(=O)O)c2)c1.Cc1cc(C)cc(C(=O)O)c1.Cc1ccc(C(=O)O)cc1C.Cc1ccc(C(=O)c2ccc(C)c(C(=O)O)c2)cc1C(=O)O. The first-order chi connectivity index (χ1) is 41.2. The van der Waals surface area contributed by atoms with Crippen LogP contribution in [0.1, 0.15) is 175 Å². The van der Waals surface area contributed by atoms with Crippen molar-refractivity contribution in [2.75, 3.05) is 0 Å². The highest BCUT2D eigenvalue weighted by atomic mass is 16.4. The topological polar surface area (TPSA) is 390 Å². The van der Waals surface area contributed by atoms with E-state index in [9.17, 15) is 52.7 Å². The minimum atomic E-state index is -1.11. The van der Waals surface area contributed by atoms with Gasteiger partial charge in [0.05, 0.1) is 56.3 Å². The predicted molar refractivity (Wildman–Crippen MR) is 329 cm³/mol. The van der Waals surface area contributed by atoms with Gasteiger partial charge < -0.3 is 51.1 Å². The van der Waals surface area contributed by atoms with Crippen LogP contribution in [0.15, 0.2) is 121 Å². The molecule has 0 radical (unpaired) electrons. The molecule has 2 atom stereocenters. The van der Waals surface area contributed by atoms with Gasteiger partial charge in [0.2, 0.25) is 0 Å². The quantitative estimate of drug-likeness (QED) is 0.0426. The molecule has 2 unspecified atom stereocenters. The molecule has 0 heterocycles. The van der Waals surface area contributed by atoms with Gasteiger partial charge in [0.25, 0.3) is 0 Å². The first-order valence-electron chi connectivity index (χ1n) is 26.8. The first kappa shape index (κ1) is 74.0. The average Bonchev–Trinajstić information content (AvgIpc) is 3.64. The summed E-state index contributed by atoms with van der Waals surface area (Å²) in [7, 11) is 0. The molecule has 0 aliphatic rings. The lowest BCUT2D eigenvalue weighted by atomic mass is 9.96. The Morgan fingerprint density at radius 2 is 0.551 bits per heavy atom. The predicted octanol–water partition coefficient (Wildman–Crippen LogP) is 12.8. The molecule has 0 aliphatic heterocycles. The second kappa shape index (κ2) is 33.6. The summed E-state index contributed by atoms with van der Waals surface area (Å²) in [6.45, 7) is 20.7. The molecule has 7 aromatic rings. The lowest BCUT2D eigenvalue weighted by Gasteiger charge is -2.08. The van der Waals surface area contributed by atoms with Crippen molar-refractivity contribution < 1.29 is 104 Å². The lowest BCUT2D eigenvalue weighted by Crippen LogP contribution is -2.18. The third-order valence-electron chi connectivity index (χ3n) is 13.2. The smallest absolute Gasteiger partial charge is 0.335 e. The molecule has 0 fully saturated rings. The van der Waals surface area contributed by atoms with Crippen molar-refractivity contribution in [3.8, 4) is 11.1 Å². The van der Waals surface area contributed by atoms with E-state index < -0.39 is 77.3 Å². The zero-order chi connectivity index (χ0) is 68.1. The van der Waals surface area contributed by atoms with E-state index in [1.807, 2.05) is 65.8 Å². The summed E-state index contributed by atoms with van der Waals surface area (Å²) in [5.41, 5.74) is 11.1. The first-order valence-corrected chi connectivity index (χ1v) is 26.8. The van der Waals surface area contributed by atoms with E-state index in [1.54, 1.807) is 88.4 Å². The van der Waals surface area contributed by atoms with Gasteiger partial charge in [-0.05, 0) is 204 Å². The van der Waals surface area contributed by atoms with Gasteiger partial charge >= 0.3 is 59.7 Å². The highest BCUT2D eigenvalue weighted by Gasteiger charge is 2.20. The van der Waals surface area contributed by atoms with E-state index in [0.717, 1.165) is 33.4 Å². The Hall–Kier alpha value is -11.1. The Morgan fingerprint density at radius 3 is 0.843 bits per heavy atom. The maximum Gasteiger partial charge on any atom is 0.335 e. The van der Waals surface area contributed by atoms with Crippen LogP contribution in [0.3, 0.4) is 0 Å². The van der Waals surface area contributed by atoms with E-state index in [4.69, 9.17) is 51.1 Å². The zero-order valence-corrected chi connectivity index (χ0v) is 50.9. The third-order valence-corrected chi connectivity index (χ3v) is 13.2. The highest BCUT2D eigenvalue weighted by molar-refractivity contribution is 6.11. The van der Waals surface area contributed by atoms with Crippen LogP contribution in [-0.4, -0.2) is 117 Å². The lowest BCUT2D eigenvalue weighted by molar-refractivity contribution is -0.144. The molecular weight excluding hydrogens is 1150 g/mol. The number of carboxylic acids is 10. The molecule has 0 amide bonds. The fourth-order valence-corrected chi connectivity index (χ4v) is 8.28. The minimum absolute atomic E-state index is 0.0522. The molecule has 7 aromatic carbocycles. The summed E-state index contributed by atoms with van der Waals surface area (Å²) >= 11 is 0.